The van der Waals surface area contributed by atoms with Gasteiger partial charge in [0.05, 0.1) is 12.4 Å². The number of rotatable bonds is 7. The van der Waals surface area contributed by atoms with Crippen molar-refractivity contribution in [3.8, 4) is 17.1 Å². The zero-order chi connectivity index (χ0) is 18.4. The van der Waals surface area contributed by atoms with Gasteiger partial charge in [0.25, 0.3) is 0 Å². The predicted molar refractivity (Wildman–Crippen MR) is 102 cm³/mol. The molecule has 1 aromatic heterocycles. The van der Waals surface area contributed by atoms with Crippen LogP contribution >= 0.6 is 11.8 Å². The molecule has 0 saturated heterocycles. The van der Waals surface area contributed by atoms with E-state index in [2.05, 4.69) is 15.5 Å². The number of nitrogens with one attached hydrogen (secondary N) is 1. The van der Waals surface area contributed by atoms with E-state index in [1.165, 1.54) is 11.8 Å². The van der Waals surface area contributed by atoms with E-state index in [0.717, 1.165) is 17.1 Å². The Hall–Kier alpha value is -2.64. The Bertz CT molecular complexity index is 852. The first-order valence-corrected chi connectivity index (χ1v) is 9.27. The summed E-state index contributed by atoms with van der Waals surface area (Å²) < 4.78 is 1.95. The van der Waals surface area contributed by atoms with Crippen molar-refractivity contribution in [2.45, 2.75) is 18.1 Å². The van der Waals surface area contributed by atoms with Crippen LogP contribution in [0.2, 0.25) is 0 Å². The first kappa shape index (κ1) is 18.2. The highest BCUT2D eigenvalue weighted by atomic mass is 32.2. The number of aliphatic hydroxyl groups excluding tert-OH is 1. The summed E-state index contributed by atoms with van der Waals surface area (Å²) in [5.41, 5.74) is 1.89. The third kappa shape index (κ3) is 4.30. The molecule has 2 N–H and O–H groups in total. The number of amides is 1. The Balaban J connectivity index is 1.89. The second-order valence-electron chi connectivity index (χ2n) is 5.78. The number of carbonyl (C=O) groups excluding carboxylic acids is 1. The van der Waals surface area contributed by atoms with Gasteiger partial charge in [-0.05, 0) is 19.1 Å². The van der Waals surface area contributed by atoms with Crippen molar-refractivity contribution in [1.29, 1.82) is 0 Å². The highest BCUT2D eigenvalue weighted by Gasteiger charge is 2.17. The molecular weight excluding hydrogens is 348 g/mol. The Labute approximate surface area is 156 Å². The summed E-state index contributed by atoms with van der Waals surface area (Å²) in [6, 6.07) is 19.4. The Kier molecular flexibility index (Phi) is 6.04. The normalized spacial score (nSPS) is 11.9. The van der Waals surface area contributed by atoms with Crippen LogP contribution in [0.5, 0.6) is 0 Å². The van der Waals surface area contributed by atoms with Crippen molar-refractivity contribution in [2.75, 3.05) is 12.4 Å². The number of aliphatic hydroxyl groups is 1. The lowest BCUT2D eigenvalue weighted by Gasteiger charge is -2.12. The van der Waals surface area contributed by atoms with E-state index < -0.39 is 0 Å². The molecule has 3 rings (SSSR count). The maximum absolute atomic E-state index is 12.0. The molecule has 3 aromatic rings. The minimum absolute atomic E-state index is 0.0885. The number of para-hydroxylation sites is 1. The summed E-state index contributed by atoms with van der Waals surface area (Å²) in [6.45, 7) is 1.66. The SMILES string of the molecule is CC(CO)NC(=O)CSc1nnc(-c2ccccc2)n1-c1ccccc1. The van der Waals surface area contributed by atoms with Gasteiger partial charge in [-0.15, -0.1) is 10.2 Å². The number of benzene rings is 2. The van der Waals surface area contributed by atoms with Crippen LogP contribution in [-0.4, -0.2) is 44.2 Å². The van der Waals surface area contributed by atoms with Gasteiger partial charge in [-0.2, -0.15) is 0 Å². The molecule has 1 unspecified atom stereocenters. The number of aromatic nitrogens is 3. The summed E-state index contributed by atoms with van der Waals surface area (Å²) in [6.07, 6.45) is 0. The fraction of sp³-hybridized carbons (Fsp3) is 0.211. The van der Waals surface area contributed by atoms with Gasteiger partial charge >= 0.3 is 0 Å². The highest BCUT2D eigenvalue weighted by Crippen LogP contribution is 2.27. The molecule has 134 valence electrons. The average molecular weight is 368 g/mol. The molecule has 1 amide bonds. The van der Waals surface area contributed by atoms with Crippen molar-refractivity contribution in [1.82, 2.24) is 20.1 Å². The maximum Gasteiger partial charge on any atom is 0.230 e. The topological polar surface area (TPSA) is 80.0 Å². The van der Waals surface area contributed by atoms with Crippen molar-refractivity contribution < 1.29 is 9.90 Å². The molecule has 2 aromatic carbocycles. The third-order valence-electron chi connectivity index (χ3n) is 3.69. The second kappa shape index (κ2) is 8.64. The van der Waals surface area contributed by atoms with E-state index in [1.54, 1.807) is 6.92 Å². The fourth-order valence-electron chi connectivity index (χ4n) is 2.44. The summed E-state index contributed by atoms with van der Waals surface area (Å²) >= 11 is 1.31. The number of hydrogen-bond donors (Lipinski definition) is 2. The van der Waals surface area contributed by atoms with Crippen molar-refractivity contribution in [3.63, 3.8) is 0 Å². The maximum atomic E-state index is 12.0. The van der Waals surface area contributed by atoms with Crippen LogP contribution in [0.3, 0.4) is 0 Å². The molecule has 0 aliphatic rings. The molecule has 0 spiro atoms. The summed E-state index contributed by atoms with van der Waals surface area (Å²) in [5.74, 6) is 0.772. The smallest absolute Gasteiger partial charge is 0.230 e. The van der Waals surface area contributed by atoms with Crippen LogP contribution in [-0.2, 0) is 4.79 Å². The molecule has 0 aliphatic heterocycles. The largest absolute Gasteiger partial charge is 0.394 e. The van der Waals surface area contributed by atoms with Crippen LogP contribution in [0, 0.1) is 0 Å². The van der Waals surface area contributed by atoms with Gasteiger partial charge in [-0.25, -0.2) is 0 Å². The molecule has 0 fully saturated rings. The fourth-order valence-corrected chi connectivity index (χ4v) is 3.20. The van der Waals surface area contributed by atoms with Gasteiger partial charge in [0, 0.05) is 17.3 Å². The van der Waals surface area contributed by atoms with Crippen LogP contribution in [0.1, 0.15) is 6.92 Å². The molecule has 1 atom stereocenters. The van der Waals surface area contributed by atoms with Gasteiger partial charge in [-0.3, -0.25) is 9.36 Å². The van der Waals surface area contributed by atoms with Gasteiger partial charge < -0.3 is 10.4 Å². The molecule has 0 saturated carbocycles. The first-order valence-electron chi connectivity index (χ1n) is 8.28. The summed E-state index contributed by atoms with van der Waals surface area (Å²) in [5, 5.41) is 21.0. The zero-order valence-electron chi connectivity index (χ0n) is 14.4. The minimum atomic E-state index is -0.269. The molecule has 1 heterocycles. The van der Waals surface area contributed by atoms with Gasteiger partial charge in [0.1, 0.15) is 0 Å². The Morgan fingerprint density at radius 1 is 1.12 bits per heavy atom. The standard InChI is InChI=1S/C19H20N4O2S/c1-14(12-24)20-17(25)13-26-19-22-21-18(15-8-4-2-5-9-15)23(19)16-10-6-3-7-11-16/h2-11,14,24H,12-13H2,1H3,(H,20,25). The summed E-state index contributed by atoms with van der Waals surface area (Å²) in [7, 11) is 0. The van der Waals surface area contributed by atoms with E-state index in [9.17, 15) is 4.79 Å². The lowest BCUT2D eigenvalue weighted by molar-refractivity contribution is -0.119. The van der Waals surface area contributed by atoms with Gasteiger partial charge in [0.2, 0.25) is 5.91 Å². The van der Waals surface area contributed by atoms with E-state index in [4.69, 9.17) is 5.11 Å². The lowest BCUT2D eigenvalue weighted by Crippen LogP contribution is -2.36. The molecule has 0 aliphatic carbocycles. The second-order valence-corrected chi connectivity index (χ2v) is 6.73. The summed E-state index contributed by atoms with van der Waals surface area (Å²) in [4.78, 5) is 12.0. The molecule has 6 nitrogen and oxygen atoms in total. The van der Waals surface area contributed by atoms with Gasteiger partial charge in [0.15, 0.2) is 11.0 Å². The van der Waals surface area contributed by atoms with E-state index in [-0.39, 0.29) is 24.3 Å². The van der Waals surface area contributed by atoms with Gasteiger partial charge in [-0.1, -0.05) is 60.3 Å². The van der Waals surface area contributed by atoms with Crippen molar-refractivity contribution in [3.05, 3.63) is 60.7 Å². The Morgan fingerprint density at radius 2 is 1.77 bits per heavy atom. The monoisotopic (exact) mass is 368 g/mol. The number of nitrogens with zero attached hydrogens (tertiary/aromatic N) is 3. The molecule has 0 bridgehead atoms. The number of carbonyl (C=O) groups is 1. The average Bonchev–Trinajstić information content (AvgIpc) is 3.11. The molecule has 26 heavy (non-hydrogen) atoms. The molecule has 7 heteroatoms. The van der Waals surface area contributed by atoms with E-state index in [1.807, 2.05) is 65.2 Å². The van der Waals surface area contributed by atoms with E-state index >= 15 is 0 Å². The highest BCUT2D eigenvalue weighted by molar-refractivity contribution is 7.99. The predicted octanol–water partition coefficient (Wildman–Crippen LogP) is 2.52. The van der Waals surface area contributed by atoms with Crippen LogP contribution in [0.15, 0.2) is 65.8 Å². The van der Waals surface area contributed by atoms with E-state index in [0.29, 0.717) is 5.16 Å². The quantitative estimate of drug-likeness (QED) is 0.627. The first-order chi connectivity index (χ1) is 12.7. The molecular formula is C19H20N4O2S. The zero-order valence-corrected chi connectivity index (χ0v) is 15.2. The van der Waals surface area contributed by atoms with Crippen molar-refractivity contribution in [2.24, 2.45) is 0 Å². The van der Waals surface area contributed by atoms with Crippen molar-refractivity contribution >= 4 is 17.7 Å². The van der Waals surface area contributed by atoms with Crippen LogP contribution in [0.4, 0.5) is 0 Å². The minimum Gasteiger partial charge on any atom is -0.394 e. The number of hydrogen-bond acceptors (Lipinski definition) is 5. The van der Waals surface area contributed by atoms with Crippen LogP contribution < -0.4 is 5.32 Å². The third-order valence-corrected chi connectivity index (χ3v) is 4.62. The molecule has 0 radical (unpaired) electrons. The lowest BCUT2D eigenvalue weighted by atomic mass is 10.2. The Morgan fingerprint density at radius 3 is 2.42 bits per heavy atom. The number of thioether (sulfide) groups is 1. The van der Waals surface area contributed by atoms with Crippen LogP contribution in [0.25, 0.3) is 17.1 Å².